The van der Waals surface area contributed by atoms with Crippen LogP contribution in [-0.4, -0.2) is 68.8 Å². The number of hydrogen-bond acceptors (Lipinski definition) is 5. The molecule has 26 heavy (non-hydrogen) atoms. The molecule has 0 bridgehead atoms. The van der Waals surface area contributed by atoms with Crippen molar-refractivity contribution >= 4 is 5.91 Å². The number of benzene rings is 1. The van der Waals surface area contributed by atoms with Gasteiger partial charge in [-0.05, 0) is 37.5 Å². The minimum Gasteiger partial charge on any atom is -0.497 e. The summed E-state index contributed by atoms with van der Waals surface area (Å²) < 4.78 is 10.8. The number of piperazine rings is 1. The predicted molar refractivity (Wildman–Crippen MR) is 101 cm³/mol. The molecule has 0 spiro atoms. The Balaban J connectivity index is 1.60. The number of rotatable bonds is 5. The van der Waals surface area contributed by atoms with Crippen molar-refractivity contribution < 1.29 is 14.3 Å². The number of amides is 1. The Morgan fingerprint density at radius 1 is 1.27 bits per heavy atom. The summed E-state index contributed by atoms with van der Waals surface area (Å²) in [5, 5.41) is 0. The van der Waals surface area contributed by atoms with Crippen LogP contribution in [0.4, 0.5) is 0 Å². The Bertz CT molecular complexity index is 608. The summed E-state index contributed by atoms with van der Waals surface area (Å²) in [6, 6.07) is 8.52. The van der Waals surface area contributed by atoms with Crippen LogP contribution in [-0.2, 0) is 9.53 Å². The van der Waals surface area contributed by atoms with Gasteiger partial charge in [-0.15, -0.1) is 0 Å². The highest BCUT2D eigenvalue weighted by Crippen LogP contribution is 2.32. The highest BCUT2D eigenvalue weighted by Gasteiger charge is 2.42. The Hall–Kier alpha value is -1.63. The number of methoxy groups -OCH3 is 1. The highest BCUT2D eigenvalue weighted by molar-refractivity contribution is 5.83. The molecule has 2 fully saturated rings. The van der Waals surface area contributed by atoms with Crippen molar-refractivity contribution in [3.8, 4) is 5.75 Å². The molecule has 2 saturated heterocycles. The normalized spacial score (nSPS) is 22.0. The van der Waals surface area contributed by atoms with Crippen molar-refractivity contribution in [3.63, 3.8) is 0 Å². The van der Waals surface area contributed by atoms with Crippen LogP contribution in [0.2, 0.25) is 0 Å². The van der Waals surface area contributed by atoms with Crippen molar-refractivity contribution in [2.75, 3.05) is 53.0 Å². The topological polar surface area (TPSA) is 68.0 Å². The summed E-state index contributed by atoms with van der Waals surface area (Å²) in [4.78, 5) is 17.5. The molecule has 0 radical (unpaired) electrons. The van der Waals surface area contributed by atoms with Gasteiger partial charge in [-0.3, -0.25) is 9.69 Å². The Morgan fingerprint density at radius 2 is 1.96 bits per heavy atom. The molecule has 2 N–H and O–H groups in total. The van der Waals surface area contributed by atoms with Crippen LogP contribution in [0, 0.1) is 5.41 Å². The van der Waals surface area contributed by atoms with Crippen LogP contribution < -0.4 is 10.5 Å². The molecule has 2 aliphatic rings. The number of hydrogen-bond donors (Lipinski definition) is 1. The fourth-order valence-electron chi connectivity index (χ4n) is 4.03. The largest absolute Gasteiger partial charge is 0.497 e. The summed E-state index contributed by atoms with van der Waals surface area (Å²) in [5.74, 6) is 1.10. The summed E-state index contributed by atoms with van der Waals surface area (Å²) in [6.45, 7) is 7.17. The average Bonchev–Trinajstić information content (AvgIpc) is 2.73. The second kappa shape index (κ2) is 8.37. The molecule has 1 aromatic carbocycles. The monoisotopic (exact) mass is 361 g/mol. The van der Waals surface area contributed by atoms with Crippen LogP contribution in [0.15, 0.2) is 24.3 Å². The van der Waals surface area contributed by atoms with Gasteiger partial charge in [0.2, 0.25) is 5.91 Å². The van der Waals surface area contributed by atoms with Gasteiger partial charge in [0, 0.05) is 52.0 Å². The van der Waals surface area contributed by atoms with Crippen molar-refractivity contribution in [3.05, 3.63) is 29.8 Å². The Kier molecular flexibility index (Phi) is 6.16. The molecule has 144 valence electrons. The van der Waals surface area contributed by atoms with Crippen LogP contribution >= 0.6 is 0 Å². The van der Waals surface area contributed by atoms with Crippen molar-refractivity contribution in [1.29, 1.82) is 0 Å². The lowest BCUT2D eigenvalue weighted by atomic mass is 9.78. The second-order valence-electron chi connectivity index (χ2n) is 7.38. The van der Waals surface area contributed by atoms with Gasteiger partial charge in [-0.25, -0.2) is 0 Å². The highest BCUT2D eigenvalue weighted by atomic mass is 16.5. The lowest BCUT2D eigenvalue weighted by molar-refractivity contribution is -0.149. The first-order valence-electron chi connectivity index (χ1n) is 9.55. The molecule has 0 saturated carbocycles. The number of carbonyl (C=O) groups excluding carboxylic acids is 1. The maximum absolute atomic E-state index is 13.1. The van der Waals surface area contributed by atoms with Gasteiger partial charge in [-0.1, -0.05) is 12.1 Å². The summed E-state index contributed by atoms with van der Waals surface area (Å²) in [5.41, 5.74) is 6.82. The molecule has 0 aromatic heterocycles. The van der Waals surface area contributed by atoms with Gasteiger partial charge in [0.1, 0.15) is 5.75 Å². The Morgan fingerprint density at radius 3 is 2.58 bits per heavy atom. The third-order valence-electron chi connectivity index (χ3n) is 6.02. The van der Waals surface area contributed by atoms with Gasteiger partial charge in [-0.2, -0.15) is 0 Å². The third kappa shape index (κ3) is 3.87. The average molecular weight is 361 g/mol. The molecular formula is C20H31N3O3. The van der Waals surface area contributed by atoms with Gasteiger partial charge >= 0.3 is 0 Å². The summed E-state index contributed by atoms with van der Waals surface area (Å²) in [7, 11) is 1.69. The molecule has 1 unspecified atom stereocenters. The van der Waals surface area contributed by atoms with E-state index in [9.17, 15) is 4.79 Å². The maximum atomic E-state index is 13.1. The Labute approximate surface area is 156 Å². The number of nitrogens with zero attached hydrogens (tertiary/aromatic N) is 2. The van der Waals surface area contributed by atoms with E-state index in [0.717, 1.165) is 44.8 Å². The lowest BCUT2D eigenvalue weighted by Gasteiger charge is -2.43. The van der Waals surface area contributed by atoms with E-state index in [4.69, 9.17) is 15.2 Å². The number of ether oxygens (including phenoxy) is 2. The van der Waals surface area contributed by atoms with Gasteiger partial charge in [0.25, 0.3) is 0 Å². The molecule has 1 amide bonds. The van der Waals surface area contributed by atoms with E-state index in [0.29, 0.717) is 25.8 Å². The lowest BCUT2D eigenvalue weighted by Crippen LogP contribution is -2.56. The molecule has 2 heterocycles. The predicted octanol–water partition coefficient (Wildman–Crippen LogP) is 1.66. The molecule has 0 aliphatic carbocycles. The first kappa shape index (κ1) is 19.1. The standard InChI is InChI=1S/C20H31N3O3/c1-16(17-4-3-5-18(14-17)25-2)22-8-10-23(11-9-22)19(24)20(15-21)6-12-26-13-7-20/h3-5,14,16H,6-13,15,21H2,1-2H3. The molecule has 2 aliphatic heterocycles. The van der Waals surface area contributed by atoms with E-state index in [1.165, 1.54) is 5.56 Å². The minimum absolute atomic E-state index is 0.219. The quantitative estimate of drug-likeness (QED) is 0.864. The van der Waals surface area contributed by atoms with Crippen LogP contribution in [0.25, 0.3) is 0 Å². The SMILES string of the molecule is COc1cccc(C(C)N2CCN(C(=O)C3(CN)CCOCC3)CC2)c1. The molecule has 6 heteroatoms. The molecule has 6 nitrogen and oxygen atoms in total. The summed E-state index contributed by atoms with van der Waals surface area (Å²) in [6.07, 6.45) is 1.48. The molecule has 3 rings (SSSR count). The van der Waals surface area contributed by atoms with Gasteiger partial charge in [0.05, 0.1) is 12.5 Å². The van der Waals surface area contributed by atoms with Crippen LogP contribution in [0.5, 0.6) is 5.75 Å². The third-order valence-corrected chi connectivity index (χ3v) is 6.02. The van der Waals surface area contributed by atoms with E-state index < -0.39 is 5.41 Å². The van der Waals surface area contributed by atoms with Crippen LogP contribution in [0.1, 0.15) is 31.4 Å². The van der Waals surface area contributed by atoms with Crippen molar-refractivity contribution in [2.45, 2.75) is 25.8 Å². The fraction of sp³-hybridized carbons (Fsp3) is 0.650. The number of carbonyl (C=O) groups is 1. The van der Waals surface area contributed by atoms with E-state index in [2.05, 4.69) is 24.0 Å². The minimum atomic E-state index is -0.418. The van der Waals surface area contributed by atoms with Crippen molar-refractivity contribution in [2.24, 2.45) is 11.1 Å². The smallest absolute Gasteiger partial charge is 0.230 e. The summed E-state index contributed by atoms with van der Waals surface area (Å²) >= 11 is 0. The second-order valence-corrected chi connectivity index (χ2v) is 7.38. The van der Waals surface area contributed by atoms with Crippen LogP contribution in [0.3, 0.4) is 0 Å². The first-order valence-corrected chi connectivity index (χ1v) is 9.55. The first-order chi connectivity index (χ1) is 12.6. The maximum Gasteiger partial charge on any atom is 0.230 e. The molecule has 1 aromatic rings. The molecule has 1 atom stereocenters. The number of nitrogens with two attached hydrogens (primary N) is 1. The van der Waals surface area contributed by atoms with Gasteiger partial charge < -0.3 is 20.1 Å². The fourth-order valence-corrected chi connectivity index (χ4v) is 4.03. The van der Waals surface area contributed by atoms with E-state index in [-0.39, 0.29) is 5.91 Å². The van der Waals surface area contributed by atoms with E-state index in [1.54, 1.807) is 7.11 Å². The van der Waals surface area contributed by atoms with Crippen molar-refractivity contribution in [1.82, 2.24) is 9.80 Å². The van der Waals surface area contributed by atoms with E-state index >= 15 is 0 Å². The molecular weight excluding hydrogens is 330 g/mol. The van der Waals surface area contributed by atoms with Gasteiger partial charge in [0.15, 0.2) is 0 Å². The van der Waals surface area contributed by atoms with E-state index in [1.807, 2.05) is 17.0 Å². The zero-order valence-corrected chi connectivity index (χ0v) is 15.9. The zero-order chi connectivity index (χ0) is 18.6. The zero-order valence-electron chi connectivity index (χ0n) is 15.9.